The first-order valence-corrected chi connectivity index (χ1v) is 9.85. The van der Waals surface area contributed by atoms with Gasteiger partial charge in [-0.2, -0.15) is 0 Å². The number of guanidine groups is 1. The zero-order chi connectivity index (χ0) is 23.4. The van der Waals surface area contributed by atoms with Gasteiger partial charge in [0.1, 0.15) is 18.1 Å². The molecule has 0 aromatic rings. The molecule has 12 heteroatoms. The van der Waals surface area contributed by atoms with E-state index in [2.05, 4.69) is 20.9 Å². The van der Waals surface area contributed by atoms with Crippen LogP contribution in [0.1, 0.15) is 47.0 Å². The summed E-state index contributed by atoms with van der Waals surface area (Å²) < 4.78 is 0. The van der Waals surface area contributed by atoms with Crippen LogP contribution in [0, 0.1) is 5.92 Å². The van der Waals surface area contributed by atoms with Gasteiger partial charge in [0.05, 0.1) is 6.04 Å². The molecule has 0 fully saturated rings. The maximum atomic E-state index is 12.6. The molecule has 172 valence electrons. The van der Waals surface area contributed by atoms with E-state index < -0.39 is 47.9 Å². The van der Waals surface area contributed by atoms with E-state index in [-0.39, 0.29) is 24.8 Å². The first-order valence-electron chi connectivity index (χ1n) is 9.85. The molecule has 0 bridgehead atoms. The lowest BCUT2D eigenvalue weighted by atomic mass is 9.99. The van der Waals surface area contributed by atoms with E-state index in [0.717, 1.165) is 0 Å². The molecular weight excluding hydrogens is 394 g/mol. The normalized spacial score (nSPS) is 15.6. The Balaban J connectivity index is 5.07. The van der Waals surface area contributed by atoms with E-state index in [1.165, 1.54) is 13.8 Å². The van der Waals surface area contributed by atoms with Crippen molar-refractivity contribution >= 4 is 29.7 Å². The number of hydrogen-bond donors (Lipinski definition) is 7. The average Bonchev–Trinajstić information content (AvgIpc) is 2.66. The Morgan fingerprint density at radius 2 is 1.57 bits per heavy atom. The monoisotopic (exact) mass is 429 g/mol. The highest BCUT2D eigenvalue weighted by Gasteiger charge is 2.29. The highest BCUT2D eigenvalue weighted by Crippen LogP contribution is 2.08. The standard InChI is InChI=1S/C18H35N7O5/c1-5-9(2)13(17(29)30)25-15(27)11(4)23-16(28)12(24-14(26)10(3)19)7-6-8-22-18(20)21/h9-13H,5-8,19H2,1-4H3,(H,23,28)(H,24,26)(H,25,27)(H,29,30)(H4,20,21,22). The molecule has 0 aliphatic heterocycles. The molecule has 30 heavy (non-hydrogen) atoms. The Labute approximate surface area is 176 Å². The van der Waals surface area contributed by atoms with E-state index in [4.69, 9.17) is 17.2 Å². The minimum Gasteiger partial charge on any atom is -0.480 e. The Kier molecular flexibility index (Phi) is 12.1. The third-order valence-corrected chi connectivity index (χ3v) is 4.52. The number of aliphatic imine (C=N–C) groups is 1. The van der Waals surface area contributed by atoms with Crippen LogP contribution in [0.25, 0.3) is 0 Å². The molecule has 3 amide bonds. The van der Waals surface area contributed by atoms with Crippen LogP contribution in [0.5, 0.6) is 0 Å². The number of nitrogens with two attached hydrogens (primary N) is 3. The molecule has 5 atom stereocenters. The van der Waals surface area contributed by atoms with Gasteiger partial charge in [0.15, 0.2) is 5.96 Å². The summed E-state index contributed by atoms with van der Waals surface area (Å²) in [5.74, 6) is -3.31. The number of carbonyl (C=O) groups excluding carboxylic acids is 3. The molecule has 0 heterocycles. The summed E-state index contributed by atoms with van der Waals surface area (Å²) in [6.07, 6.45) is 1.16. The number of carboxylic acids is 1. The topological polar surface area (TPSA) is 215 Å². The Hall–Kier alpha value is -2.89. The van der Waals surface area contributed by atoms with Gasteiger partial charge in [-0.25, -0.2) is 4.79 Å². The van der Waals surface area contributed by atoms with Gasteiger partial charge in [-0.05, 0) is 32.6 Å². The van der Waals surface area contributed by atoms with E-state index >= 15 is 0 Å². The minimum atomic E-state index is -1.15. The third kappa shape index (κ3) is 10.0. The molecule has 0 aromatic heterocycles. The van der Waals surface area contributed by atoms with Crippen molar-refractivity contribution in [3.8, 4) is 0 Å². The summed E-state index contributed by atoms with van der Waals surface area (Å²) in [7, 11) is 0. The number of nitrogens with zero attached hydrogens (tertiary/aromatic N) is 1. The fourth-order valence-electron chi connectivity index (χ4n) is 2.42. The first-order chi connectivity index (χ1) is 13.9. The van der Waals surface area contributed by atoms with Crippen LogP contribution in [-0.2, 0) is 19.2 Å². The lowest BCUT2D eigenvalue weighted by molar-refractivity contribution is -0.143. The summed E-state index contributed by atoms with van der Waals surface area (Å²) in [5, 5.41) is 16.7. The van der Waals surface area contributed by atoms with Crippen molar-refractivity contribution in [2.45, 2.75) is 71.1 Å². The van der Waals surface area contributed by atoms with Crippen LogP contribution >= 0.6 is 0 Å². The van der Waals surface area contributed by atoms with E-state index in [9.17, 15) is 24.3 Å². The molecule has 0 aromatic carbocycles. The Morgan fingerprint density at radius 3 is 2.03 bits per heavy atom. The smallest absolute Gasteiger partial charge is 0.326 e. The highest BCUT2D eigenvalue weighted by atomic mass is 16.4. The first kappa shape index (κ1) is 27.1. The quantitative estimate of drug-likeness (QED) is 0.0983. The van der Waals surface area contributed by atoms with Crippen molar-refractivity contribution in [1.82, 2.24) is 16.0 Å². The van der Waals surface area contributed by atoms with Gasteiger partial charge < -0.3 is 38.3 Å². The molecule has 5 unspecified atom stereocenters. The van der Waals surface area contributed by atoms with E-state index in [0.29, 0.717) is 12.8 Å². The van der Waals surface area contributed by atoms with Crippen LogP contribution in [0.2, 0.25) is 0 Å². The molecular formula is C18H35N7O5. The van der Waals surface area contributed by atoms with Crippen LogP contribution in [-0.4, -0.2) is 65.5 Å². The summed E-state index contributed by atoms with van der Waals surface area (Å²) in [6.45, 7) is 6.67. The third-order valence-electron chi connectivity index (χ3n) is 4.52. The van der Waals surface area contributed by atoms with Gasteiger partial charge in [-0.15, -0.1) is 0 Å². The molecule has 10 N–H and O–H groups in total. The van der Waals surface area contributed by atoms with Crippen LogP contribution < -0.4 is 33.2 Å². The predicted molar refractivity (Wildman–Crippen MR) is 112 cm³/mol. The zero-order valence-electron chi connectivity index (χ0n) is 18.0. The molecule has 0 saturated carbocycles. The Morgan fingerprint density at radius 1 is 0.967 bits per heavy atom. The van der Waals surface area contributed by atoms with Gasteiger partial charge in [0.25, 0.3) is 0 Å². The SMILES string of the molecule is CCC(C)C(NC(=O)C(C)NC(=O)C(CCCN=C(N)N)NC(=O)C(C)N)C(=O)O. The van der Waals surface area contributed by atoms with Gasteiger partial charge in [0.2, 0.25) is 17.7 Å². The molecule has 0 radical (unpaired) electrons. The predicted octanol–water partition coefficient (Wildman–Crippen LogP) is -2.01. The lowest BCUT2D eigenvalue weighted by Crippen LogP contribution is -2.56. The zero-order valence-corrected chi connectivity index (χ0v) is 18.0. The van der Waals surface area contributed by atoms with Crippen LogP contribution in [0.15, 0.2) is 4.99 Å². The molecule has 0 spiro atoms. The van der Waals surface area contributed by atoms with Crippen molar-refractivity contribution in [3.05, 3.63) is 0 Å². The fraction of sp³-hybridized carbons (Fsp3) is 0.722. The average molecular weight is 430 g/mol. The number of carboxylic acid groups (broad SMARTS) is 1. The van der Waals surface area contributed by atoms with Crippen molar-refractivity contribution in [2.24, 2.45) is 28.1 Å². The summed E-state index contributed by atoms with van der Waals surface area (Å²) in [4.78, 5) is 52.1. The van der Waals surface area contributed by atoms with Crippen LogP contribution in [0.3, 0.4) is 0 Å². The van der Waals surface area contributed by atoms with E-state index in [1.807, 2.05) is 6.92 Å². The summed E-state index contributed by atoms with van der Waals surface area (Å²) >= 11 is 0. The fourth-order valence-corrected chi connectivity index (χ4v) is 2.42. The largest absolute Gasteiger partial charge is 0.480 e. The van der Waals surface area contributed by atoms with Gasteiger partial charge in [0, 0.05) is 6.54 Å². The Bertz CT molecular complexity index is 634. The second-order valence-corrected chi connectivity index (χ2v) is 7.24. The molecule has 12 nitrogen and oxygen atoms in total. The van der Waals surface area contributed by atoms with Crippen molar-refractivity contribution < 1.29 is 24.3 Å². The maximum absolute atomic E-state index is 12.6. The highest BCUT2D eigenvalue weighted by molar-refractivity contribution is 5.93. The van der Waals surface area contributed by atoms with Gasteiger partial charge in [-0.3, -0.25) is 19.4 Å². The molecule has 0 saturated heterocycles. The second-order valence-electron chi connectivity index (χ2n) is 7.24. The molecule has 0 aliphatic carbocycles. The van der Waals surface area contributed by atoms with Crippen molar-refractivity contribution in [1.29, 1.82) is 0 Å². The number of amides is 3. The number of aliphatic carboxylic acids is 1. The number of carbonyl (C=O) groups is 4. The second kappa shape index (κ2) is 13.4. The maximum Gasteiger partial charge on any atom is 0.326 e. The minimum absolute atomic E-state index is 0.0878. The molecule has 0 rings (SSSR count). The van der Waals surface area contributed by atoms with E-state index in [1.54, 1.807) is 6.92 Å². The van der Waals surface area contributed by atoms with Crippen molar-refractivity contribution in [2.75, 3.05) is 6.54 Å². The summed E-state index contributed by atoms with van der Waals surface area (Å²) in [6, 6.07) is -3.88. The van der Waals surface area contributed by atoms with Gasteiger partial charge in [-0.1, -0.05) is 20.3 Å². The summed E-state index contributed by atoms with van der Waals surface area (Å²) in [5.41, 5.74) is 16.0. The van der Waals surface area contributed by atoms with Crippen molar-refractivity contribution in [3.63, 3.8) is 0 Å². The van der Waals surface area contributed by atoms with Crippen LogP contribution in [0.4, 0.5) is 0 Å². The van der Waals surface area contributed by atoms with Gasteiger partial charge >= 0.3 is 5.97 Å². The molecule has 0 aliphatic rings. The lowest BCUT2D eigenvalue weighted by Gasteiger charge is -2.24. The number of nitrogens with one attached hydrogen (secondary N) is 3. The number of rotatable bonds is 13. The number of hydrogen-bond acceptors (Lipinski definition) is 6.